The Kier molecular flexibility index (Phi) is 6.18. The van der Waals surface area contributed by atoms with E-state index in [0.29, 0.717) is 25.2 Å². The van der Waals surface area contributed by atoms with Crippen molar-refractivity contribution in [1.82, 2.24) is 26.1 Å². The van der Waals surface area contributed by atoms with Gasteiger partial charge in [0.2, 0.25) is 5.91 Å². The zero-order valence-corrected chi connectivity index (χ0v) is 15.0. The molecule has 8 heteroatoms. The van der Waals surface area contributed by atoms with Crippen molar-refractivity contribution in [2.75, 3.05) is 19.6 Å². The topological polar surface area (TPSA) is 107 Å². The quantitative estimate of drug-likeness (QED) is 0.572. The van der Waals surface area contributed by atoms with Gasteiger partial charge < -0.3 is 15.3 Å². The zero-order chi connectivity index (χ0) is 18.5. The van der Waals surface area contributed by atoms with Crippen molar-refractivity contribution < 1.29 is 14.7 Å². The van der Waals surface area contributed by atoms with Crippen molar-refractivity contribution in [2.24, 2.45) is 5.92 Å². The van der Waals surface area contributed by atoms with Crippen LogP contribution < -0.4 is 16.2 Å². The molecule has 2 saturated heterocycles. The van der Waals surface area contributed by atoms with Gasteiger partial charge in [-0.3, -0.25) is 25.4 Å². The fourth-order valence-electron chi connectivity index (χ4n) is 3.63. The maximum absolute atomic E-state index is 12.6. The molecule has 142 valence electrons. The van der Waals surface area contributed by atoms with E-state index in [2.05, 4.69) is 28.1 Å². The van der Waals surface area contributed by atoms with Crippen molar-refractivity contribution in [1.29, 1.82) is 0 Å². The first-order valence-corrected chi connectivity index (χ1v) is 9.27. The van der Waals surface area contributed by atoms with Gasteiger partial charge in [-0.05, 0) is 25.0 Å². The second-order valence-corrected chi connectivity index (χ2v) is 6.96. The summed E-state index contributed by atoms with van der Waals surface area (Å²) in [6, 6.07) is 4.96. The number of aliphatic hydroxyl groups is 1. The zero-order valence-electron chi connectivity index (χ0n) is 15.0. The molecule has 0 spiro atoms. The summed E-state index contributed by atoms with van der Waals surface area (Å²) in [7, 11) is 0. The molecule has 26 heavy (non-hydrogen) atoms. The van der Waals surface area contributed by atoms with Crippen LogP contribution in [0.4, 0.5) is 0 Å². The number of rotatable bonds is 5. The highest BCUT2D eigenvalue weighted by Crippen LogP contribution is 2.17. The Morgan fingerprint density at radius 2 is 2.27 bits per heavy atom. The Morgan fingerprint density at radius 1 is 1.42 bits per heavy atom. The average Bonchev–Trinajstić information content (AvgIpc) is 3.12. The highest BCUT2D eigenvalue weighted by atomic mass is 16.3. The third kappa shape index (κ3) is 4.20. The van der Waals surface area contributed by atoms with Crippen molar-refractivity contribution in [2.45, 2.75) is 44.4 Å². The number of aromatic nitrogens is 1. The first kappa shape index (κ1) is 18.8. The van der Waals surface area contributed by atoms with E-state index in [9.17, 15) is 14.7 Å². The van der Waals surface area contributed by atoms with Crippen molar-refractivity contribution in [3.8, 4) is 0 Å². The minimum absolute atomic E-state index is 0.0468. The molecule has 0 saturated carbocycles. The molecule has 3 rings (SSSR count). The van der Waals surface area contributed by atoms with Gasteiger partial charge in [0.05, 0.1) is 18.1 Å². The molecule has 0 bridgehead atoms. The molecule has 0 aliphatic carbocycles. The maximum atomic E-state index is 12.6. The largest absolute Gasteiger partial charge is 0.389 e. The van der Waals surface area contributed by atoms with Crippen LogP contribution in [0.25, 0.3) is 0 Å². The van der Waals surface area contributed by atoms with Gasteiger partial charge in [0.25, 0.3) is 5.91 Å². The predicted molar refractivity (Wildman–Crippen MR) is 96.0 cm³/mol. The van der Waals surface area contributed by atoms with E-state index in [0.717, 1.165) is 12.8 Å². The Morgan fingerprint density at radius 3 is 2.96 bits per heavy atom. The smallest absolute Gasteiger partial charge is 0.272 e. The number of hydrogen-bond acceptors (Lipinski definition) is 6. The van der Waals surface area contributed by atoms with Crippen LogP contribution in [0.2, 0.25) is 0 Å². The SMILES string of the molecule is CCCC1NNCC1C(=O)N[C@@H]1CCN(C(=O)c2ccccn2)C[C@H]1O. The molecular formula is C18H27N5O3. The number of carbonyl (C=O) groups excluding carboxylic acids is 2. The maximum Gasteiger partial charge on any atom is 0.272 e. The summed E-state index contributed by atoms with van der Waals surface area (Å²) in [5, 5.41) is 13.4. The monoisotopic (exact) mass is 361 g/mol. The summed E-state index contributed by atoms with van der Waals surface area (Å²) in [4.78, 5) is 30.7. The Labute approximate surface area is 153 Å². The summed E-state index contributed by atoms with van der Waals surface area (Å²) in [5.41, 5.74) is 6.56. The highest BCUT2D eigenvalue weighted by molar-refractivity contribution is 5.92. The van der Waals surface area contributed by atoms with E-state index < -0.39 is 6.10 Å². The highest BCUT2D eigenvalue weighted by Gasteiger charge is 2.36. The van der Waals surface area contributed by atoms with Gasteiger partial charge >= 0.3 is 0 Å². The number of aliphatic hydroxyl groups excluding tert-OH is 1. The minimum Gasteiger partial charge on any atom is -0.389 e. The predicted octanol–water partition coefficient (Wildman–Crippen LogP) is -0.334. The summed E-state index contributed by atoms with van der Waals surface area (Å²) in [5.74, 6) is -0.383. The number of amides is 2. The molecule has 3 heterocycles. The average molecular weight is 361 g/mol. The van der Waals surface area contributed by atoms with Gasteiger partial charge in [-0.2, -0.15) is 0 Å². The number of hydrogen-bond donors (Lipinski definition) is 4. The number of likely N-dealkylation sites (tertiary alicyclic amines) is 1. The molecule has 8 nitrogen and oxygen atoms in total. The normalized spacial score (nSPS) is 28.8. The van der Waals surface area contributed by atoms with Crippen molar-refractivity contribution in [3.05, 3.63) is 30.1 Å². The molecule has 0 aromatic carbocycles. The van der Waals surface area contributed by atoms with E-state index in [1.807, 2.05) is 0 Å². The molecule has 4 N–H and O–H groups in total. The molecular weight excluding hydrogens is 334 g/mol. The Balaban J connectivity index is 1.54. The van der Waals surface area contributed by atoms with Gasteiger partial charge in [0, 0.05) is 31.9 Å². The molecule has 1 aromatic rings. The van der Waals surface area contributed by atoms with Crippen LogP contribution in [-0.2, 0) is 4.79 Å². The van der Waals surface area contributed by atoms with Crippen molar-refractivity contribution in [3.63, 3.8) is 0 Å². The van der Waals surface area contributed by atoms with E-state index in [-0.39, 0.29) is 36.4 Å². The Hall–Kier alpha value is -2.03. The third-order valence-electron chi connectivity index (χ3n) is 5.11. The Bertz CT molecular complexity index is 627. The van der Waals surface area contributed by atoms with Gasteiger partial charge in [-0.1, -0.05) is 19.4 Å². The second-order valence-electron chi connectivity index (χ2n) is 6.96. The van der Waals surface area contributed by atoms with Crippen LogP contribution in [0.5, 0.6) is 0 Å². The molecule has 2 fully saturated rings. The fraction of sp³-hybridized carbons (Fsp3) is 0.611. The molecule has 2 amide bonds. The van der Waals surface area contributed by atoms with Crippen LogP contribution >= 0.6 is 0 Å². The lowest BCUT2D eigenvalue weighted by Crippen LogP contribution is -2.57. The first-order valence-electron chi connectivity index (χ1n) is 9.27. The summed E-state index contributed by atoms with van der Waals surface area (Å²) < 4.78 is 0. The number of β-amino-alcohol motifs (C(OH)–C–C–N with tert-alkyl or cyclic N) is 1. The second kappa shape index (κ2) is 8.57. The lowest BCUT2D eigenvalue weighted by atomic mass is 9.95. The van der Waals surface area contributed by atoms with Crippen LogP contribution in [-0.4, -0.2) is 64.6 Å². The number of piperidine rings is 1. The molecule has 0 radical (unpaired) electrons. The van der Waals surface area contributed by atoms with Gasteiger partial charge in [0.1, 0.15) is 5.69 Å². The van der Waals surface area contributed by atoms with Gasteiger partial charge in [0.15, 0.2) is 0 Å². The molecule has 2 aliphatic rings. The van der Waals surface area contributed by atoms with Gasteiger partial charge in [-0.25, -0.2) is 0 Å². The fourth-order valence-corrected chi connectivity index (χ4v) is 3.63. The summed E-state index contributed by atoms with van der Waals surface area (Å²) in [6.45, 7) is 3.35. The summed E-state index contributed by atoms with van der Waals surface area (Å²) in [6.07, 6.45) is 3.24. The van der Waals surface area contributed by atoms with Crippen LogP contribution in [0.15, 0.2) is 24.4 Å². The van der Waals surface area contributed by atoms with E-state index in [4.69, 9.17) is 0 Å². The van der Waals surface area contributed by atoms with Gasteiger partial charge in [-0.15, -0.1) is 0 Å². The van der Waals surface area contributed by atoms with Crippen LogP contribution in [0.1, 0.15) is 36.7 Å². The van der Waals surface area contributed by atoms with E-state index in [1.54, 1.807) is 29.3 Å². The molecule has 2 aliphatic heterocycles. The lowest BCUT2D eigenvalue weighted by Gasteiger charge is -2.36. The molecule has 1 aromatic heterocycles. The number of pyridine rings is 1. The van der Waals surface area contributed by atoms with E-state index in [1.165, 1.54) is 0 Å². The molecule has 2 unspecified atom stereocenters. The lowest BCUT2D eigenvalue weighted by molar-refractivity contribution is -0.127. The van der Waals surface area contributed by atoms with Crippen molar-refractivity contribution >= 4 is 11.8 Å². The van der Waals surface area contributed by atoms with E-state index >= 15 is 0 Å². The number of carbonyl (C=O) groups is 2. The number of nitrogens with one attached hydrogen (secondary N) is 3. The minimum atomic E-state index is -0.785. The third-order valence-corrected chi connectivity index (χ3v) is 5.11. The number of hydrazine groups is 1. The van der Waals surface area contributed by atoms with Crippen LogP contribution in [0.3, 0.4) is 0 Å². The summed E-state index contributed by atoms with van der Waals surface area (Å²) >= 11 is 0. The standard InChI is InChI=1S/C18H27N5O3/c1-2-5-13-12(10-20-22-13)17(25)21-14-7-9-23(11-16(14)24)18(26)15-6-3-4-8-19-15/h3-4,6,8,12-14,16,20,22,24H,2,5,7,9-11H2,1H3,(H,21,25)/t12?,13?,14-,16-/m1/s1. The molecule has 4 atom stereocenters. The van der Waals surface area contributed by atoms with Crippen LogP contribution in [0, 0.1) is 5.92 Å². The first-order chi connectivity index (χ1) is 12.6. The number of nitrogens with zero attached hydrogens (tertiary/aromatic N) is 2.